The molecular weight excluding hydrogens is 347 g/mol. The van der Waals surface area contributed by atoms with Crippen molar-refractivity contribution in [3.8, 4) is 0 Å². The summed E-state index contributed by atoms with van der Waals surface area (Å²) in [6, 6.07) is 10.8. The summed E-state index contributed by atoms with van der Waals surface area (Å²) in [5, 5.41) is 16.1. The van der Waals surface area contributed by atoms with Gasteiger partial charge < -0.3 is 5.32 Å². The molecule has 0 bridgehead atoms. The molecule has 0 saturated heterocycles. The second-order valence-electron chi connectivity index (χ2n) is 6.14. The van der Waals surface area contributed by atoms with E-state index in [0.717, 1.165) is 12.0 Å². The van der Waals surface area contributed by atoms with Crippen LogP contribution in [-0.4, -0.2) is 4.92 Å². The van der Waals surface area contributed by atoms with Gasteiger partial charge >= 0.3 is 0 Å². The van der Waals surface area contributed by atoms with Crippen LogP contribution in [-0.2, 0) is 0 Å². The Morgan fingerprint density at radius 2 is 1.88 bits per heavy atom. The van der Waals surface area contributed by atoms with E-state index in [1.807, 2.05) is 24.3 Å². The van der Waals surface area contributed by atoms with Crippen molar-refractivity contribution in [3.05, 3.63) is 79.8 Å². The first-order chi connectivity index (χ1) is 11.6. The van der Waals surface area contributed by atoms with Crippen LogP contribution in [0.5, 0.6) is 0 Å². The third kappa shape index (κ3) is 2.38. The molecule has 0 spiro atoms. The number of hydrogen-bond acceptors (Lipinski definition) is 3. The van der Waals surface area contributed by atoms with Gasteiger partial charge in [-0.25, -0.2) is 0 Å². The van der Waals surface area contributed by atoms with E-state index < -0.39 is 0 Å². The average Bonchev–Trinajstić information content (AvgIpc) is 3.05. The number of nitrogens with zero attached hydrogens (tertiary/aromatic N) is 1. The molecule has 0 amide bonds. The zero-order valence-corrected chi connectivity index (χ0v) is 14.1. The fourth-order valence-corrected chi connectivity index (χ4v) is 4.16. The average molecular weight is 361 g/mol. The molecule has 24 heavy (non-hydrogen) atoms. The molecule has 1 aliphatic heterocycles. The number of hydrogen-bond donors (Lipinski definition) is 1. The van der Waals surface area contributed by atoms with Crippen molar-refractivity contribution in [1.29, 1.82) is 0 Å². The van der Waals surface area contributed by atoms with Gasteiger partial charge in [0, 0.05) is 17.0 Å². The molecule has 2 aromatic carbocycles. The smallest absolute Gasteiger partial charge is 0.275 e. The van der Waals surface area contributed by atoms with E-state index >= 15 is 0 Å². The highest BCUT2D eigenvalue weighted by Gasteiger charge is 2.42. The number of rotatable bonds is 2. The molecule has 0 radical (unpaired) electrons. The van der Waals surface area contributed by atoms with Gasteiger partial charge in [-0.05, 0) is 36.1 Å². The molecule has 1 N–H and O–H groups in total. The Kier molecular flexibility index (Phi) is 3.74. The second-order valence-corrected chi connectivity index (χ2v) is 6.98. The van der Waals surface area contributed by atoms with Crippen molar-refractivity contribution >= 4 is 34.6 Å². The highest BCUT2D eigenvalue weighted by molar-refractivity contribution is 6.33. The minimum absolute atomic E-state index is 0.0129. The maximum atomic E-state index is 11.5. The largest absolute Gasteiger partial charge is 0.376 e. The van der Waals surface area contributed by atoms with Crippen LogP contribution >= 0.6 is 23.2 Å². The number of nitro groups is 1. The van der Waals surface area contributed by atoms with Gasteiger partial charge in [0.1, 0.15) is 0 Å². The van der Waals surface area contributed by atoms with E-state index in [9.17, 15) is 10.1 Å². The highest BCUT2D eigenvalue weighted by atomic mass is 35.5. The molecule has 1 heterocycles. The third-order valence-corrected chi connectivity index (χ3v) is 5.44. The van der Waals surface area contributed by atoms with Crippen LogP contribution in [0.3, 0.4) is 0 Å². The highest BCUT2D eigenvalue weighted by Crippen LogP contribution is 2.54. The van der Waals surface area contributed by atoms with Crippen LogP contribution in [0.4, 0.5) is 11.4 Å². The van der Waals surface area contributed by atoms with Crippen LogP contribution in [0.25, 0.3) is 0 Å². The number of halogens is 2. The van der Waals surface area contributed by atoms with Crippen molar-refractivity contribution in [1.82, 2.24) is 0 Å². The van der Waals surface area contributed by atoms with E-state index in [4.69, 9.17) is 23.2 Å². The van der Waals surface area contributed by atoms with Gasteiger partial charge in [-0.15, -0.1) is 0 Å². The van der Waals surface area contributed by atoms with Gasteiger partial charge in [0.2, 0.25) is 0 Å². The van der Waals surface area contributed by atoms with E-state index in [0.29, 0.717) is 21.3 Å². The Hall–Kier alpha value is -2.04. The molecular formula is C18H14Cl2N2O2. The van der Waals surface area contributed by atoms with Crippen LogP contribution in [0.1, 0.15) is 29.5 Å². The van der Waals surface area contributed by atoms with E-state index in [-0.39, 0.29) is 28.5 Å². The number of anilines is 1. The summed E-state index contributed by atoms with van der Waals surface area (Å²) in [4.78, 5) is 11.1. The maximum Gasteiger partial charge on any atom is 0.275 e. The van der Waals surface area contributed by atoms with E-state index in [1.165, 1.54) is 6.07 Å². The topological polar surface area (TPSA) is 55.2 Å². The fraction of sp³-hybridized carbons (Fsp3) is 0.222. The summed E-state index contributed by atoms with van der Waals surface area (Å²) < 4.78 is 0. The lowest BCUT2D eigenvalue weighted by Gasteiger charge is -2.37. The van der Waals surface area contributed by atoms with Crippen LogP contribution < -0.4 is 5.32 Å². The van der Waals surface area contributed by atoms with E-state index in [1.54, 1.807) is 6.07 Å². The Bertz CT molecular complexity index is 849. The lowest BCUT2D eigenvalue weighted by Crippen LogP contribution is -2.29. The second kappa shape index (κ2) is 5.80. The van der Waals surface area contributed by atoms with Crippen LogP contribution in [0.2, 0.25) is 10.0 Å². The molecule has 122 valence electrons. The molecule has 0 unspecified atom stereocenters. The number of allylic oxidation sites excluding steroid dienone is 2. The first-order valence-electron chi connectivity index (χ1n) is 7.71. The third-order valence-electron chi connectivity index (χ3n) is 4.87. The van der Waals surface area contributed by atoms with Gasteiger partial charge in [-0.2, -0.15) is 0 Å². The monoisotopic (exact) mass is 360 g/mol. The summed E-state index contributed by atoms with van der Waals surface area (Å²) in [5.74, 6) is 0.205. The molecule has 6 heteroatoms. The first-order valence-corrected chi connectivity index (χ1v) is 8.47. The predicted octanol–water partition coefficient (Wildman–Crippen LogP) is 5.73. The van der Waals surface area contributed by atoms with Gasteiger partial charge in [-0.1, -0.05) is 47.5 Å². The number of nitro benzene ring substituents is 1. The van der Waals surface area contributed by atoms with Crippen molar-refractivity contribution in [2.45, 2.75) is 18.4 Å². The number of nitrogens with one attached hydrogen (secondary N) is 1. The lowest BCUT2D eigenvalue weighted by molar-refractivity contribution is -0.385. The normalized spacial score (nSPS) is 24.2. The van der Waals surface area contributed by atoms with E-state index in [2.05, 4.69) is 17.5 Å². The van der Waals surface area contributed by atoms with Gasteiger partial charge in [-0.3, -0.25) is 10.1 Å². The Labute approximate surface area is 149 Å². The van der Waals surface area contributed by atoms with Gasteiger partial charge in [0.25, 0.3) is 5.69 Å². The molecule has 1 aliphatic carbocycles. The van der Waals surface area contributed by atoms with Crippen molar-refractivity contribution in [2.75, 3.05) is 5.32 Å². The molecule has 3 atom stereocenters. The zero-order valence-electron chi connectivity index (χ0n) is 12.6. The fourth-order valence-electron chi connectivity index (χ4n) is 3.81. The zero-order chi connectivity index (χ0) is 16.8. The summed E-state index contributed by atoms with van der Waals surface area (Å²) in [6.45, 7) is 0. The van der Waals surface area contributed by atoms with Gasteiger partial charge in [0.15, 0.2) is 0 Å². The number of benzene rings is 2. The predicted molar refractivity (Wildman–Crippen MR) is 95.9 cm³/mol. The molecule has 0 aromatic heterocycles. The molecule has 4 rings (SSSR count). The molecule has 2 aromatic rings. The van der Waals surface area contributed by atoms with Crippen molar-refractivity contribution in [3.63, 3.8) is 0 Å². The first kappa shape index (κ1) is 15.5. The summed E-state index contributed by atoms with van der Waals surface area (Å²) in [5.41, 5.74) is 2.58. The SMILES string of the molecule is O=[N+]([O-])c1ccc(Cl)c2c1[C@@H]1C=CC[C@@H]1[C@@H](c1ccc(Cl)cc1)N2. The molecule has 0 fully saturated rings. The van der Waals surface area contributed by atoms with Crippen molar-refractivity contribution in [2.24, 2.45) is 5.92 Å². The Balaban J connectivity index is 1.86. The minimum Gasteiger partial charge on any atom is -0.376 e. The van der Waals surface area contributed by atoms with Crippen LogP contribution in [0, 0.1) is 16.0 Å². The quantitative estimate of drug-likeness (QED) is 0.422. The van der Waals surface area contributed by atoms with Crippen molar-refractivity contribution < 1.29 is 4.92 Å². The lowest BCUT2D eigenvalue weighted by atomic mass is 9.76. The minimum atomic E-state index is -0.331. The number of fused-ring (bicyclic) bond motifs is 3. The summed E-state index contributed by atoms with van der Waals surface area (Å²) in [7, 11) is 0. The summed E-state index contributed by atoms with van der Waals surface area (Å²) >= 11 is 12.4. The Morgan fingerprint density at radius 1 is 1.12 bits per heavy atom. The molecule has 2 aliphatic rings. The maximum absolute atomic E-state index is 11.5. The summed E-state index contributed by atoms with van der Waals surface area (Å²) in [6.07, 6.45) is 5.03. The van der Waals surface area contributed by atoms with Gasteiger partial charge in [0.05, 0.1) is 27.2 Å². The molecule has 0 saturated carbocycles. The standard InChI is InChI=1S/C18H14Cl2N2O2/c19-11-6-4-10(5-7-11)17-13-3-1-2-12(13)16-15(22(23)24)9-8-14(20)18(16)21-17/h1-2,4-9,12-13,17,21H,3H2/t12-,13+,17-/m1/s1. The Morgan fingerprint density at radius 3 is 2.58 bits per heavy atom. The van der Waals surface area contributed by atoms with Crippen LogP contribution in [0.15, 0.2) is 48.6 Å². The molecule has 4 nitrogen and oxygen atoms in total.